The molecule has 0 saturated carbocycles. The van der Waals surface area contributed by atoms with Gasteiger partial charge in [0.1, 0.15) is 11.5 Å². The lowest BCUT2D eigenvalue weighted by Crippen LogP contribution is -2.45. The number of nitro benzene ring substituents is 1. The number of non-ortho nitro benzene ring substituents is 1. The summed E-state index contributed by atoms with van der Waals surface area (Å²) < 4.78 is 32.5. The number of halogens is 2. The summed E-state index contributed by atoms with van der Waals surface area (Å²) in [4.78, 5) is 14.3. The van der Waals surface area contributed by atoms with Crippen molar-refractivity contribution >= 4 is 11.4 Å². The second-order valence-electron chi connectivity index (χ2n) is 5.13. The van der Waals surface area contributed by atoms with Crippen molar-refractivity contribution in [3.8, 4) is 5.75 Å². The predicted molar refractivity (Wildman–Crippen MR) is 79.4 cm³/mol. The molecule has 0 radical (unpaired) electrons. The molecule has 1 aliphatic heterocycles. The van der Waals surface area contributed by atoms with Crippen LogP contribution in [0.1, 0.15) is 11.3 Å². The average molecular weight is 335 g/mol. The molecule has 1 aromatic heterocycles. The third kappa shape index (κ3) is 2.53. The first-order valence-electron chi connectivity index (χ1n) is 6.88. The molecule has 1 aromatic carbocycles. The molecule has 0 unspecified atom stereocenters. The van der Waals surface area contributed by atoms with Crippen LogP contribution in [0.2, 0.25) is 0 Å². The maximum atomic E-state index is 13.4. The summed E-state index contributed by atoms with van der Waals surface area (Å²) in [5.41, 5.74) is -2.30. The largest absolute Gasteiger partial charge is 0.618 e. The summed E-state index contributed by atoms with van der Waals surface area (Å²) in [6, 6.07) is 7.97. The van der Waals surface area contributed by atoms with Crippen LogP contribution in [0.3, 0.4) is 0 Å². The minimum atomic E-state index is -2.11. The van der Waals surface area contributed by atoms with Crippen LogP contribution >= 0.6 is 0 Å². The molecule has 2 heterocycles. The van der Waals surface area contributed by atoms with E-state index in [1.165, 1.54) is 24.4 Å². The first-order valence-corrected chi connectivity index (χ1v) is 6.88. The van der Waals surface area contributed by atoms with Crippen molar-refractivity contribution in [2.75, 3.05) is 13.3 Å². The van der Waals surface area contributed by atoms with E-state index >= 15 is 0 Å². The van der Waals surface area contributed by atoms with Gasteiger partial charge in [0.2, 0.25) is 5.69 Å². The Morgan fingerprint density at radius 3 is 2.62 bits per heavy atom. The smallest absolute Gasteiger partial charge is 0.270 e. The normalized spacial score (nSPS) is 15.2. The van der Waals surface area contributed by atoms with E-state index in [1.807, 2.05) is 0 Å². The zero-order valence-electron chi connectivity index (χ0n) is 12.2. The van der Waals surface area contributed by atoms with E-state index in [9.17, 15) is 24.1 Å². The molecular weight excluding hydrogens is 324 g/mol. The molecule has 0 amide bonds. The number of hydrogen-bond donors (Lipinski definition) is 0. The lowest BCUT2D eigenvalue weighted by molar-refractivity contribution is -0.606. The van der Waals surface area contributed by atoms with Gasteiger partial charge in [-0.25, -0.2) is 13.8 Å². The fourth-order valence-electron chi connectivity index (χ4n) is 2.35. The number of pyridine rings is 1. The van der Waals surface area contributed by atoms with Gasteiger partial charge in [0.15, 0.2) is 19.5 Å². The molecule has 3 rings (SSSR count). The Kier molecular flexibility index (Phi) is 3.84. The Hall–Kier alpha value is -3.10. The molecule has 7 nitrogen and oxygen atoms in total. The zero-order chi connectivity index (χ0) is 17.3. The van der Waals surface area contributed by atoms with Crippen molar-refractivity contribution in [3.05, 3.63) is 69.2 Å². The number of alkyl halides is 2. The van der Waals surface area contributed by atoms with Crippen LogP contribution in [0.15, 0.2) is 47.6 Å². The Morgan fingerprint density at radius 1 is 1.25 bits per heavy atom. The van der Waals surface area contributed by atoms with Gasteiger partial charge < -0.3 is 9.94 Å². The number of aromatic nitrogens is 1. The van der Waals surface area contributed by atoms with Crippen LogP contribution in [-0.4, -0.2) is 29.7 Å². The maximum Gasteiger partial charge on any atom is 0.270 e. The molecule has 0 saturated heterocycles. The van der Waals surface area contributed by atoms with Crippen LogP contribution in [0.4, 0.5) is 14.5 Å². The lowest BCUT2D eigenvalue weighted by atomic mass is 10.0. The van der Waals surface area contributed by atoms with Gasteiger partial charge in [0.05, 0.1) is 10.5 Å². The highest BCUT2D eigenvalue weighted by Gasteiger charge is 2.40. The Balaban J connectivity index is 2.26. The van der Waals surface area contributed by atoms with Gasteiger partial charge in [-0.1, -0.05) is 0 Å². The number of rotatable bonds is 4. The molecule has 124 valence electrons. The van der Waals surface area contributed by atoms with Gasteiger partial charge in [0.25, 0.3) is 11.4 Å². The van der Waals surface area contributed by atoms with Crippen LogP contribution < -0.4 is 9.47 Å². The quantitative estimate of drug-likeness (QED) is 0.370. The number of nitro groups is 1. The van der Waals surface area contributed by atoms with Crippen molar-refractivity contribution in [1.29, 1.82) is 0 Å². The highest BCUT2D eigenvalue weighted by Crippen LogP contribution is 2.35. The molecule has 0 N–H and O–H groups in total. The average Bonchev–Trinajstić information content (AvgIpc) is 2.60. The van der Waals surface area contributed by atoms with Crippen molar-refractivity contribution in [2.24, 2.45) is 4.99 Å². The van der Waals surface area contributed by atoms with E-state index in [0.29, 0.717) is 4.73 Å². The van der Waals surface area contributed by atoms with Gasteiger partial charge in [-0.05, 0) is 12.1 Å². The van der Waals surface area contributed by atoms with E-state index in [1.54, 1.807) is 6.07 Å². The van der Waals surface area contributed by atoms with Crippen LogP contribution in [-0.2, 0) is 0 Å². The number of aliphatic imine (C=N–C) groups is 1. The Labute approximate surface area is 134 Å². The van der Waals surface area contributed by atoms with Crippen LogP contribution in [0.5, 0.6) is 5.75 Å². The third-order valence-electron chi connectivity index (χ3n) is 3.53. The summed E-state index contributed by atoms with van der Waals surface area (Å²) in [7, 11) is 0. The molecule has 0 spiro atoms. The Bertz CT molecular complexity index is 837. The summed E-state index contributed by atoms with van der Waals surface area (Å²) in [6.45, 7) is -2.51. The zero-order valence-corrected chi connectivity index (χ0v) is 12.2. The minimum absolute atomic E-state index is 0.00817. The van der Waals surface area contributed by atoms with Gasteiger partial charge in [-0.3, -0.25) is 10.1 Å². The molecule has 0 bridgehead atoms. The van der Waals surface area contributed by atoms with Gasteiger partial charge in [-0.2, -0.15) is 4.73 Å². The van der Waals surface area contributed by atoms with Crippen molar-refractivity contribution < 1.29 is 23.2 Å². The highest BCUT2D eigenvalue weighted by molar-refractivity contribution is 6.13. The molecule has 2 aromatic rings. The van der Waals surface area contributed by atoms with E-state index in [0.717, 1.165) is 12.1 Å². The minimum Gasteiger partial charge on any atom is -0.618 e. The van der Waals surface area contributed by atoms with E-state index in [4.69, 9.17) is 4.74 Å². The number of nitrogens with zero attached hydrogens (tertiary/aromatic N) is 3. The summed E-state index contributed by atoms with van der Waals surface area (Å²) in [5.74, 6) is 0.0183. The fraction of sp³-hybridized carbons (Fsp3) is 0.200. The number of hydrogen-bond acceptors (Lipinski definition) is 5. The third-order valence-corrected chi connectivity index (χ3v) is 3.53. The maximum absolute atomic E-state index is 13.4. The number of fused-ring (bicyclic) bond motifs is 1. The van der Waals surface area contributed by atoms with Crippen LogP contribution in [0, 0.1) is 15.3 Å². The molecule has 0 atom stereocenters. The molecule has 9 heteroatoms. The van der Waals surface area contributed by atoms with Gasteiger partial charge in [0, 0.05) is 24.3 Å². The molecule has 0 aliphatic carbocycles. The molecule has 24 heavy (non-hydrogen) atoms. The summed E-state index contributed by atoms with van der Waals surface area (Å²) in [5, 5.41) is 23.0. The van der Waals surface area contributed by atoms with E-state index in [2.05, 4.69) is 4.99 Å². The fourth-order valence-corrected chi connectivity index (χ4v) is 2.35. The standard InChI is InChI=1S/C15H11F2N3O4/c16-8-15(9-17)18-14(12-3-1-2-6-19(12)21)11-7-10(20(22)23)4-5-13(11)24-15/h1-7H,8-9H2. The van der Waals surface area contributed by atoms with E-state index < -0.39 is 24.0 Å². The molecule has 0 fully saturated rings. The first kappa shape index (κ1) is 15.8. The van der Waals surface area contributed by atoms with Gasteiger partial charge >= 0.3 is 0 Å². The topological polar surface area (TPSA) is 91.7 Å². The number of benzene rings is 1. The van der Waals surface area contributed by atoms with Crippen molar-refractivity contribution in [1.82, 2.24) is 0 Å². The summed E-state index contributed by atoms with van der Waals surface area (Å²) >= 11 is 0. The van der Waals surface area contributed by atoms with Crippen molar-refractivity contribution in [2.45, 2.75) is 5.72 Å². The summed E-state index contributed by atoms with van der Waals surface area (Å²) in [6.07, 6.45) is 1.19. The Morgan fingerprint density at radius 2 is 2.00 bits per heavy atom. The molecule has 1 aliphatic rings. The second-order valence-corrected chi connectivity index (χ2v) is 5.13. The molecular formula is C15H11F2N3O4. The SMILES string of the molecule is O=[N+]([O-])c1ccc2c(c1)C(c1cccc[n+]1[O-])=NC(CF)(CF)O2. The highest BCUT2D eigenvalue weighted by atomic mass is 19.1. The predicted octanol–water partition coefficient (Wildman–Crippen LogP) is 2.09. The van der Waals surface area contributed by atoms with Gasteiger partial charge in [-0.15, -0.1) is 0 Å². The monoisotopic (exact) mass is 335 g/mol. The van der Waals surface area contributed by atoms with E-state index in [-0.39, 0.29) is 28.4 Å². The second kappa shape index (κ2) is 5.84. The first-order chi connectivity index (χ1) is 11.5. The lowest BCUT2D eigenvalue weighted by Gasteiger charge is -2.31. The van der Waals surface area contributed by atoms with Crippen molar-refractivity contribution in [3.63, 3.8) is 0 Å². The van der Waals surface area contributed by atoms with Crippen LogP contribution in [0.25, 0.3) is 0 Å². The number of ether oxygens (including phenoxy) is 1.